The molecule has 0 amide bonds. The summed E-state index contributed by atoms with van der Waals surface area (Å²) in [6.07, 6.45) is 11.0. The number of rotatable bonds is 7. The number of allylic oxidation sites excluding steroid dienone is 5. The summed E-state index contributed by atoms with van der Waals surface area (Å²) in [6, 6.07) is 51.7. The Labute approximate surface area is 285 Å². The van der Waals surface area contributed by atoms with Crippen molar-refractivity contribution in [3.63, 3.8) is 0 Å². The molecule has 234 valence electrons. The van der Waals surface area contributed by atoms with Crippen molar-refractivity contribution < 1.29 is 0 Å². The van der Waals surface area contributed by atoms with Gasteiger partial charge in [0.1, 0.15) is 0 Å². The van der Waals surface area contributed by atoms with Crippen molar-refractivity contribution in [3.05, 3.63) is 182 Å². The zero-order chi connectivity index (χ0) is 32.7. The zero-order valence-electron chi connectivity index (χ0n) is 26.9. The van der Waals surface area contributed by atoms with Gasteiger partial charge in [0.05, 0.1) is 22.1 Å². The van der Waals surface area contributed by atoms with Gasteiger partial charge in [-0.1, -0.05) is 127 Å². The largest absolute Gasteiger partial charge is 0.309 e. The monoisotopic (exact) mass is 630 g/mol. The van der Waals surface area contributed by atoms with E-state index >= 15 is 0 Å². The highest BCUT2D eigenvalue weighted by atomic mass is 15.4. The molecule has 9 rings (SSSR count). The summed E-state index contributed by atoms with van der Waals surface area (Å²) in [5.74, 6) is 0.0128. The van der Waals surface area contributed by atoms with Gasteiger partial charge in [-0.3, -0.25) is 4.68 Å². The summed E-state index contributed by atoms with van der Waals surface area (Å²) >= 11 is 0. The minimum absolute atomic E-state index is 0.0128. The summed E-state index contributed by atoms with van der Waals surface area (Å²) in [4.78, 5) is 0. The number of aromatic nitrogens is 2. The van der Waals surface area contributed by atoms with Gasteiger partial charge in [-0.2, -0.15) is 0 Å². The molecule has 49 heavy (non-hydrogen) atoms. The van der Waals surface area contributed by atoms with E-state index in [1.807, 2.05) is 18.3 Å². The summed E-state index contributed by atoms with van der Waals surface area (Å²) in [5, 5.41) is 13.8. The maximum atomic E-state index is 8.96. The standard InChI is InChI=1S/C45H34N4/c46-41(35-14-10-13-34(29-35)33-23-21-32(22-24-33)31-11-2-1-3-12-31)27-28-47-49-44-20-9-6-17-39(44)40-30-36(25-26-45(40)49)48-42-18-7-4-15-37(42)38-16-5-8-19-43(38)48/h1-28,30,35,46-47H,29H2/b28-27-,46-41?. The predicted octanol–water partition coefficient (Wildman–Crippen LogP) is 11.3. The van der Waals surface area contributed by atoms with E-state index in [1.54, 1.807) is 0 Å². The van der Waals surface area contributed by atoms with Crippen molar-refractivity contribution in [1.82, 2.24) is 9.24 Å². The lowest BCUT2D eigenvalue weighted by Crippen LogP contribution is -2.13. The van der Waals surface area contributed by atoms with Gasteiger partial charge < -0.3 is 15.4 Å². The first-order valence-corrected chi connectivity index (χ1v) is 16.8. The van der Waals surface area contributed by atoms with Crippen LogP contribution in [0.2, 0.25) is 0 Å². The second-order valence-corrected chi connectivity index (χ2v) is 12.7. The van der Waals surface area contributed by atoms with Crippen LogP contribution in [0.15, 0.2) is 176 Å². The Hall–Kier alpha value is -6.39. The minimum atomic E-state index is 0.0128. The fourth-order valence-electron chi connectivity index (χ4n) is 7.38. The average Bonchev–Trinajstić information content (AvgIpc) is 3.67. The minimum Gasteiger partial charge on any atom is -0.309 e. The lowest BCUT2D eigenvalue weighted by molar-refractivity contribution is 0.880. The third-order valence-corrected chi connectivity index (χ3v) is 9.80. The van der Waals surface area contributed by atoms with Crippen LogP contribution in [0.1, 0.15) is 12.0 Å². The van der Waals surface area contributed by atoms with Crippen LogP contribution in [0, 0.1) is 11.3 Å². The van der Waals surface area contributed by atoms with E-state index in [0.29, 0.717) is 5.71 Å². The highest BCUT2D eigenvalue weighted by Crippen LogP contribution is 2.35. The molecule has 0 saturated heterocycles. The number of nitrogens with zero attached hydrogens (tertiary/aromatic N) is 2. The summed E-state index contributed by atoms with van der Waals surface area (Å²) in [5.41, 5.74) is 14.7. The maximum Gasteiger partial charge on any atom is 0.0711 e. The van der Waals surface area contributed by atoms with Crippen LogP contribution in [0.25, 0.3) is 66.0 Å². The van der Waals surface area contributed by atoms with Crippen molar-refractivity contribution in [2.75, 3.05) is 5.43 Å². The SMILES string of the molecule is N=C(/C=C\Nn1c2ccccc2c2cc(-n3c4ccccc4c4ccccc43)ccc21)C1C=CC=C(c2ccc(-c3ccccc3)cc2)C1. The normalized spacial score (nSPS) is 14.7. The molecule has 1 unspecified atom stereocenters. The summed E-state index contributed by atoms with van der Waals surface area (Å²) < 4.78 is 4.49. The van der Waals surface area contributed by atoms with Gasteiger partial charge in [0.15, 0.2) is 0 Å². The molecule has 4 heteroatoms. The van der Waals surface area contributed by atoms with Gasteiger partial charge in [0.25, 0.3) is 0 Å². The highest BCUT2D eigenvalue weighted by Gasteiger charge is 2.17. The van der Waals surface area contributed by atoms with Crippen LogP contribution >= 0.6 is 0 Å². The molecular formula is C45H34N4. The number of nitrogens with one attached hydrogen (secondary N) is 2. The molecule has 2 heterocycles. The first-order chi connectivity index (χ1) is 24.2. The third kappa shape index (κ3) is 5.06. The fourth-order valence-corrected chi connectivity index (χ4v) is 7.38. The van der Waals surface area contributed by atoms with E-state index in [-0.39, 0.29) is 5.92 Å². The zero-order valence-corrected chi connectivity index (χ0v) is 26.9. The Bertz CT molecular complexity index is 2560. The number of hydrogen-bond acceptors (Lipinski definition) is 2. The van der Waals surface area contributed by atoms with Crippen LogP contribution in [0.3, 0.4) is 0 Å². The Morgan fingerprint density at radius 3 is 1.88 bits per heavy atom. The molecule has 6 aromatic carbocycles. The van der Waals surface area contributed by atoms with Crippen LogP contribution in [-0.4, -0.2) is 15.0 Å². The Balaban J connectivity index is 0.980. The van der Waals surface area contributed by atoms with E-state index in [1.165, 1.54) is 54.8 Å². The van der Waals surface area contributed by atoms with E-state index < -0.39 is 0 Å². The molecule has 0 saturated carbocycles. The molecule has 1 atom stereocenters. The Kier molecular flexibility index (Phi) is 7.06. The lowest BCUT2D eigenvalue weighted by atomic mass is 9.86. The van der Waals surface area contributed by atoms with Gasteiger partial charge in [0.2, 0.25) is 0 Å². The topological polar surface area (TPSA) is 45.7 Å². The second-order valence-electron chi connectivity index (χ2n) is 12.7. The van der Waals surface area contributed by atoms with Crippen molar-refractivity contribution in [2.45, 2.75) is 6.42 Å². The summed E-state index contributed by atoms with van der Waals surface area (Å²) in [6.45, 7) is 0. The van der Waals surface area contributed by atoms with Gasteiger partial charge in [-0.25, -0.2) is 0 Å². The van der Waals surface area contributed by atoms with Crippen LogP contribution in [0.5, 0.6) is 0 Å². The van der Waals surface area contributed by atoms with Crippen LogP contribution in [0.4, 0.5) is 0 Å². The molecule has 8 aromatic rings. The van der Waals surface area contributed by atoms with E-state index in [0.717, 1.165) is 23.1 Å². The molecule has 0 radical (unpaired) electrons. The van der Waals surface area contributed by atoms with Gasteiger partial charge in [0, 0.05) is 45.1 Å². The number of para-hydroxylation sites is 3. The van der Waals surface area contributed by atoms with Gasteiger partial charge in [-0.05, 0) is 71.2 Å². The number of hydrogen-bond donors (Lipinski definition) is 2. The molecule has 0 fully saturated rings. The van der Waals surface area contributed by atoms with E-state index in [9.17, 15) is 0 Å². The van der Waals surface area contributed by atoms with Crippen molar-refractivity contribution in [1.29, 1.82) is 5.41 Å². The quantitative estimate of drug-likeness (QED) is 0.169. The highest BCUT2D eigenvalue weighted by molar-refractivity contribution is 6.11. The van der Waals surface area contributed by atoms with Crippen LogP contribution < -0.4 is 5.43 Å². The molecule has 0 aliphatic heterocycles. The lowest BCUT2D eigenvalue weighted by Gasteiger charge is -2.18. The fraction of sp³-hybridized carbons (Fsp3) is 0.0444. The smallest absolute Gasteiger partial charge is 0.0711 e. The molecule has 0 spiro atoms. The molecule has 0 bridgehead atoms. The number of fused-ring (bicyclic) bond motifs is 6. The van der Waals surface area contributed by atoms with E-state index in [2.05, 4.69) is 172 Å². The van der Waals surface area contributed by atoms with Gasteiger partial charge in [-0.15, -0.1) is 0 Å². The first kappa shape index (κ1) is 28.8. The van der Waals surface area contributed by atoms with Crippen molar-refractivity contribution >= 4 is 54.9 Å². The first-order valence-electron chi connectivity index (χ1n) is 16.8. The van der Waals surface area contributed by atoms with Crippen molar-refractivity contribution in [3.8, 4) is 16.8 Å². The average molecular weight is 631 g/mol. The third-order valence-electron chi connectivity index (χ3n) is 9.80. The molecule has 1 aliphatic rings. The van der Waals surface area contributed by atoms with Crippen molar-refractivity contribution in [2.24, 2.45) is 5.92 Å². The Morgan fingerprint density at radius 2 is 1.16 bits per heavy atom. The molecule has 1 aliphatic carbocycles. The van der Waals surface area contributed by atoms with Crippen LogP contribution in [-0.2, 0) is 0 Å². The Morgan fingerprint density at radius 1 is 0.592 bits per heavy atom. The summed E-state index contributed by atoms with van der Waals surface area (Å²) in [7, 11) is 0. The second kappa shape index (κ2) is 12.0. The van der Waals surface area contributed by atoms with E-state index in [4.69, 9.17) is 5.41 Å². The molecule has 2 aromatic heterocycles. The van der Waals surface area contributed by atoms with Gasteiger partial charge >= 0.3 is 0 Å². The molecular weight excluding hydrogens is 597 g/mol. The maximum absolute atomic E-state index is 8.96. The predicted molar refractivity (Wildman–Crippen MR) is 207 cm³/mol. The molecule has 4 nitrogen and oxygen atoms in total. The molecule has 2 N–H and O–H groups in total. The number of benzene rings is 6.